The molecule has 1 aromatic carbocycles. The van der Waals surface area contributed by atoms with E-state index < -0.39 is 5.97 Å². The van der Waals surface area contributed by atoms with Gasteiger partial charge < -0.3 is 23.8 Å². The standard InChI is InChI=1S/C19H27NO6/c1-5-23-16-8-7-15(9-17(16)24-6-2)19(22)25-12-18(21)20-10-13(3)26-14(4)11-20/h7-9,13-14H,5-6,10-12H2,1-4H3/t13-,14-/m1/s1. The van der Waals surface area contributed by atoms with Crippen molar-refractivity contribution in [3.8, 4) is 11.5 Å². The van der Waals surface area contributed by atoms with E-state index in [0.717, 1.165) is 0 Å². The van der Waals surface area contributed by atoms with Gasteiger partial charge in [-0.1, -0.05) is 0 Å². The van der Waals surface area contributed by atoms with Crippen LogP contribution in [-0.2, 0) is 14.3 Å². The Morgan fingerprint density at radius 1 is 1.08 bits per heavy atom. The van der Waals surface area contributed by atoms with Crippen LogP contribution in [0.1, 0.15) is 38.1 Å². The molecule has 1 saturated heterocycles. The molecule has 1 fully saturated rings. The van der Waals surface area contributed by atoms with Gasteiger partial charge in [0.15, 0.2) is 18.1 Å². The van der Waals surface area contributed by atoms with Gasteiger partial charge in [0, 0.05) is 13.1 Å². The first-order chi connectivity index (χ1) is 12.4. The summed E-state index contributed by atoms with van der Waals surface area (Å²) < 4.78 is 21.8. The molecule has 0 aliphatic carbocycles. The Labute approximate surface area is 154 Å². The first kappa shape index (κ1) is 20.0. The van der Waals surface area contributed by atoms with Gasteiger partial charge in [0.05, 0.1) is 31.0 Å². The maximum Gasteiger partial charge on any atom is 0.338 e. The van der Waals surface area contributed by atoms with E-state index in [1.807, 2.05) is 27.7 Å². The van der Waals surface area contributed by atoms with Crippen molar-refractivity contribution in [3.63, 3.8) is 0 Å². The van der Waals surface area contributed by atoms with E-state index >= 15 is 0 Å². The van der Waals surface area contributed by atoms with Gasteiger partial charge >= 0.3 is 5.97 Å². The van der Waals surface area contributed by atoms with E-state index in [-0.39, 0.29) is 24.7 Å². The van der Waals surface area contributed by atoms with Gasteiger partial charge in [-0.2, -0.15) is 0 Å². The Hall–Kier alpha value is -2.28. The lowest BCUT2D eigenvalue weighted by atomic mass is 10.2. The summed E-state index contributed by atoms with van der Waals surface area (Å²) in [5, 5.41) is 0. The molecule has 26 heavy (non-hydrogen) atoms. The van der Waals surface area contributed by atoms with Crippen molar-refractivity contribution in [1.82, 2.24) is 4.90 Å². The normalized spacial score (nSPS) is 19.8. The predicted molar refractivity (Wildman–Crippen MR) is 95.7 cm³/mol. The molecule has 2 rings (SSSR count). The van der Waals surface area contributed by atoms with Crippen LogP contribution in [0.15, 0.2) is 18.2 Å². The number of amides is 1. The van der Waals surface area contributed by atoms with Crippen molar-refractivity contribution < 1.29 is 28.5 Å². The fourth-order valence-electron chi connectivity index (χ4n) is 2.86. The number of nitrogens with zero attached hydrogens (tertiary/aromatic N) is 1. The molecule has 1 aliphatic heterocycles. The lowest BCUT2D eigenvalue weighted by molar-refractivity contribution is -0.146. The average Bonchev–Trinajstić information content (AvgIpc) is 2.60. The third-order valence-electron chi connectivity index (χ3n) is 3.88. The van der Waals surface area contributed by atoms with E-state index in [2.05, 4.69) is 0 Å². The third-order valence-corrected chi connectivity index (χ3v) is 3.88. The zero-order chi connectivity index (χ0) is 19.1. The lowest BCUT2D eigenvalue weighted by Crippen LogP contribution is -2.49. The second-order valence-corrected chi connectivity index (χ2v) is 6.16. The van der Waals surface area contributed by atoms with Crippen LogP contribution >= 0.6 is 0 Å². The number of hydrogen-bond donors (Lipinski definition) is 0. The molecule has 0 spiro atoms. The molecular weight excluding hydrogens is 338 g/mol. The van der Waals surface area contributed by atoms with Gasteiger partial charge in [-0.3, -0.25) is 4.79 Å². The number of morpholine rings is 1. The van der Waals surface area contributed by atoms with Crippen LogP contribution in [0.5, 0.6) is 11.5 Å². The number of ether oxygens (including phenoxy) is 4. The summed E-state index contributed by atoms with van der Waals surface area (Å²) in [5.74, 6) is 0.247. The van der Waals surface area contributed by atoms with E-state index in [0.29, 0.717) is 43.4 Å². The van der Waals surface area contributed by atoms with Crippen LogP contribution in [0, 0.1) is 0 Å². The molecule has 7 nitrogen and oxygen atoms in total. The molecule has 1 heterocycles. The number of hydrogen-bond acceptors (Lipinski definition) is 6. The molecule has 1 aromatic rings. The molecule has 144 valence electrons. The zero-order valence-corrected chi connectivity index (χ0v) is 15.8. The fraction of sp³-hybridized carbons (Fsp3) is 0.579. The molecule has 0 N–H and O–H groups in total. The molecule has 0 saturated carbocycles. The van der Waals surface area contributed by atoms with Gasteiger partial charge in [0.1, 0.15) is 0 Å². The average molecular weight is 365 g/mol. The minimum Gasteiger partial charge on any atom is -0.490 e. The Kier molecular flexibility index (Phi) is 7.26. The van der Waals surface area contributed by atoms with Gasteiger partial charge in [-0.05, 0) is 45.9 Å². The molecule has 0 bridgehead atoms. The maximum absolute atomic E-state index is 12.3. The smallest absolute Gasteiger partial charge is 0.338 e. The molecule has 0 unspecified atom stereocenters. The van der Waals surface area contributed by atoms with Crippen LogP contribution in [0.2, 0.25) is 0 Å². The number of rotatable bonds is 7. The second-order valence-electron chi connectivity index (χ2n) is 6.16. The Morgan fingerprint density at radius 2 is 1.69 bits per heavy atom. The van der Waals surface area contributed by atoms with Gasteiger partial charge in [-0.15, -0.1) is 0 Å². The first-order valence-corrected chi connectivity index (χ1v) is 8.94. The maximum atomic E-state index is 12.3. The molecule has 7 heteroatoms. The highest BCUT2D eigenvalue weighted by Gasteiger charge is 2.26. The van der Waals surface area contributed by atoms with E-state index in [9.17, 15) is 9.59 Å². The summed E-state index contributed by atoms with van der Waals surface area (Å²) in [6, 6.07) is 4.83. The topological polar surface area (TPSA) is 74.3 Å². The van der Waals surface area contributed by atoms with Crippen molar-refractivity contribution in [2.75, 3.05) is 32.9 Å². The minimum absolute atomic E-state index is 0.0294. The minimum atomic E-state index is -0.572. The zero-order valence-electron chi connectivity index (χ0n) is 15.8. The van der Waals surface area contributed by atoms with E-state index in [1.165, 1.54) is 0 Å². The van der Waals surface area contributed by atoms with Gasteiger partial charge in [-0.25, -0.2) is 4.79 Å². The Balaban J connectivity index is 1.96. The quantitative estimate of drug-likeness (QED) is 0.690. The third kappa shape index (κ3) is 5.36. The highest BCUT2D eigenvalue weighted by Crippen LogP contribution is 2.28. The summed E-state index contributed by atoms with van der Waals surface area (Å²) >= 11 is 0. The van der Waals surface area contributed by atoms with Crippen molar-refractivity contribution in [3.05, 3.63) is 23.8 Å². The lowest BCUT2D eigenvalue weighted by Gasteiger charge is -2.35. The monoisotopic (exact) mass is 365 g/mol. The molecular formula is C19H27NO6. The number of carbonyl (C=O) groups excluding carboxylic acids is 2. The van der Waals surface area contributed by atoms with Crippen LogP contribution in [-0.4, -0.2) is 61.9 Å². The predicted octanol–water partition coefficient (Wildman–Crippen LogP) is 2.28. The second kappa shape index (κ2) is 9.43. The van der Waals surface area contributed by atoms with Crippen LogP contribution in [0.25, 0.3) is 0 Å². The Bertz CT molecular complexity index is 622. The summed E-state index contributed by atoms with van der Waals surface area (Å²) in [7, 11) is 0. The van der Waals surface area contributed by atoms with E-state index in [1.54, 1.807) is 23.1 Å². The molecule has 0 aromatic heterocycles. The van der Waals surface area contributed by atoms with Crippen LogP contribution in [0.3, 0.4) is 0 Å². The summed E-state index contributed by atoms with van der Waals surface area (Å²) in [5.41, 5.74) is 0.313. The summed E-state index contributed by atoms with van der Waals surface area (Å²) in [6.07, 6.45) is -0.0588. The Morgan fingerprint density at radius 3 is 2.31 bits per heavy atom. The van der Waals surface area contributed by atoms with Crippen molar-refractivity contribution in [2.24, 2.45) is 0 Å². The molecule has 1 amide bonds. The summed E-state index contributed by atoms with van der Waals surface area (Å²) in [4.78, 5) is 26.2. The van der Waals surface area contributed by atoms with Crippen molar-refractivity contribution in [2.45, 2.75) is 39.9 Å². The SMILES string of the molecule is CCOc1ccc(C(=O)OCC(=O)N2C[C@@H](C)O[C@H](C)C2)cc1OCC. The highest BCUT2D eigenvalue weighted by molar-refractivity contribution is 5.92. The fourth-order valence-corrected chi connectivity index (χ4v) is 2.86. The molecule has 2 atom stereocenters. The van der Waals surface area contributed by atoms with Crippen LogP contribution < -0.4 is 9.47 Å². The van der Waals surface area contributed by atoms with E-state index in [4.69, 9.17) is 18.9 Å². The highest BCUT2D eigenvalue weighted by atomic mass is 16.5. The van der Waals surface area contributed by atoms with Crippen molar-refractivity contribution in [1.29, 1.82) is 0 Å². The van der Waals surface area contributed by atoms with Crippen molar-refractivity contribution >= 4 is 11.9 Å². The summed E-state index contributed by atoms with van der Waals surface area (Å²) in [6.45, 7) is 9.19. The van der Waals surface area contributed by atoms with Gasteiger partial charge in [0.25, 0.3) is 5.91 Å². The number of carbonyl (C=O) groups is 2. The number of esters is 1. The first-order valence-electron chi connectivity index (χ1n) is 8.94. The largest absolute Gasteiger partial charge is 0.490 e. The van der Waals surface area contributed by atoms with Gasteiger partial charge in [0.2, 0.25) is 0 Å². The van der Waals surface area contributed by atoms with Crippen LogP contribution in [0.4, 0.5) is 0 Å². The molecule has 1 aliphatic rings. The molecule has 0 radical (unpaired) electrons. The number of benzene rings is 1.